The highest BCUT2D eigenvalue weighted by atomic mass is 32.1. The van der Waals surface area contributed by atoms with Crippen molar-refractivity contribution in [3.8, 4) is 5.75 Å². The molecule has 0 unspecified atom stereocenters. The number of hydrogen-bond acceptors (Lipinski definition) is 5. The van der Waals surface area contributed by atoms with E-state index in [0.29, 0.717) is 11.2 Å². The smallest absolute Gasteiger partial charge is 0.280 e. The first kappa shape index (κ1) is 17.2. The Morgan fingerprint density at radius 1 is 1.38 bits per heavy atom. The molecule has 0 saturated carbocycles. The molecular formula is C19H18F2N2O2S. The normalized spacial score (nSPS) is 16.3. The number of hydrogen-bond donors (Lipinski definition) is 2. The quantitative estimate of drug-likeness (QED) is 0.669. The molecule has 2 aromatic heterocycles. The van der Waals surface area contributed by atoms with Gasteiger partial charge in [-0.25, -0.2) is 13.8 Å². The Kier molecular flexibility index (Phi) is 4.50. The van der Waals surface area contributed by atoms with Crippen LogP contribution in [0.1, 0.15) is 40.6 Å². The lowest BCUT2D eigenvalue weighted by molar-refractivity contribution is 0.146. The topological polar surface area (TPSA) is 54.4 Å². The number of rotatable bonds is 5. The Hall–Kier alpha value is -2.25. The fourth-order valence-electron chi connectivity index (χ4n) is 3.54. The van der Waals surface area contributed by atoms with Crippen LogP contribution in [0.3, 0.4) is 0 Å². The second-order valence-corrected chi connectivity index (χ2v) is 7.39. The lowest BCUT2D eigenvalue weighted by atomic mass is 10.1. The van der Waals surface area contributed by atoms with Crippen molar-refractivity contribution in [2.24, 2.45) is 0 Å². The average Bonchev–Trinajstić information content (AvgIpc) is 3.25. The Balaban J connectivity index is 1.75. The number of ether oxygens (including phenoxy) is 1. The van der Waals surface area contributed by atoms with Crippen LogP contribution in [0.5, 0.6) is 5.75 Å². The maximum absolute atomic E-state index is 13.3. The van der Waals surface area contributed by atoms with Gasteiger partial charge in [-0.3, -0.25) is 0 Å². The van der Waals surface area contributed by atoms with Gasteiger partial charge >= 0.3 is 0 Å². The molecule has 0 fully saturated rings. The number of aliphatic hydroxyl groups is 1. The molecule has 136 valence electrons. The second kappa shape index (κ2) is 6.81. The molecule has 26 heavy (non-hydrogen) atoms. The zero-order valence-electron chi connectivity index (χ0n) is 14.1. The standard InChI is InChI=1S/C19H18F2N2O2S/c1-25-16-4-2-3-12-13(16)5-6-14(12)22-19-17-10(7-11(9-24)26-17)8-15(23-19)18(20)21/h2-4,7-8,14,18,24H,5-6,9H2,1H3,(H,22,23)/t14-/m1/s1. The first-order valence-corrected chi connectivity index (χ1v) is 9.17. The molecule has 2 N–H and O–H groups in total. The highest BCUT2D eigenvalue weighted by Crippen LogP contribution is 2.41. The number of benzene rings is 1. The highest BCUT2D eigenvalue weighted by Gasteiger charge is 2.26. The van der Waals surface area contributed by atoms with E-state index >= 15 is 0 Å². The summed E-state index contributed by atoms with van der Waals surface area (Å²) in [5.41, 5.74) is 2.00. The van der Waals surface area contributed by atoms with E-state index in [4.69, 9.17) is 4.74 Å². The number of fused-ring (bicyclic) bond motifs is 2. The third-order valence-electron chi connectivity index (χ3n) is 4.71. The molecule has 0 radical (unpaired) electrons. The summed E-state index contributed by atoms with van der Waals surface area (Å²) in [6.07, 6.45) is -0.940. The van der Waals surface area contributed by atoms with Crippen molar-refractivity contribution in [2.75, 3.05) is 12.4 Å². The molecule has 1 atom stereocenters. The summed E-state index contributed by atoms with van der Waals surface area (Å²) >= 11 is 1.37. The zero-order valence-corrected chi connectivity index (χ0v) is 14.9. The van der Waals surface area contributed by atoms with Crippen molar-refractivity contribution in [3.63, 3.8) is 0 Å². The van der Waals surface area contributed by atoms with Gasteiger partial charge in [0, 0.05) is 4.88 Å². The van der Waals surface area contributed by atoms with Crippen LogP contribution in [-0.4, -0.2) is 17.2 Å². The summed E-state index contributed by atoms with van der Waals surface area (Å²) < 4.78 is 32.7. The van der Waals surface area contributed by atoms with Crippen LogP contribution in [0.2, 0.25) is 0 Å². The number of aliphatic hydroxyl groups excluding tert-OH is 1. The number of halogens is 2. The van der Waals surface area contributed by atoms with E-state index in [0.717, 1.165) is 39.3 Å². The zero-order chi connectivity index (χ0) is 18.3. The molecule has 4 nitrogen and oxygen atoms in total. The lowest BCUT2D eigenvalue weighted by Gasteiger charge is -2.17. The largest absolute Gasteiger partial charge is 0.496 e. The summed E-state index contributed by atoms with van der Waals surface area (Å²) in [4.78, 5) is 4.89. The van der Waals surface area contributed by atoms with Gasteiger partial charge in [-0.05, 0) is 47.6 Å². The molecular weight excluding hydrogens is 358 g/mol. The van der Waals surface area contributed by atoms with Crippen molar-refractivity contribution in [3.05, 3.63) is 52.0 Å². The minimum Gasteiger partial charge on any atom is -0.496 e. The van der Waals surface area contributed by atoms with Gasteiger partial charge in [-0.15, -0.1) is 11.3 Å². The number of methoxy groups -OCH3 is 1. The molecule has 1 aliphatic carbocycles. The van der Waals surface area contributed by atoms with Gasteiger partial charge in [-0.2, -0.15) is 0 Å². The minimum absolute atomic E-state index is 0.0107. The van der Waals surface area contributed by atoms with Crippen molar-refractivity contribution >= 4 is 27.2 Å². The van der Waals surface area contributed by atoms with E-state index in [-0.39, 0.29) is 18.3 Å². The SMILES string of the molecule is COc1cccc2c1CC[C@H]2Nc1nc(C(F)F)cc2cc(CO)sc12. The van der Waals surface area contributed by atoms with Crippen molar-refractivity contribution in [1.29, 1.82) is 0 Å². The number of nitrogens with zero attached hydrogens (tertiary/aromatic N) is 1. The van der Waals surface area contributed by atoms with E-state index in [2.05, 4.69) is 10.3 Å². The van der Waals surface area contributed by atoms with Gasteiger partial charge in [0.05, 0.1) is 24.5 Å². The molecule has 7 heteroatoms. The van der Waals surface area contributed by atoms with Gasteiger partial charge in [0.1, 0.15) is 17.3 Å². The number of alkyl halides is 2. The van der Waals surface area contributed by atoms with E-state index in [9.17, 15) is 13.9 Å². The summed E-state index contributed by atoms with van der Waals surface area (Å²) in [7, 11) is 1.65. The highest BCUT2D eigenvalue weighted by molar-refractivity contribution is 7.19. The van der Waals surface area contributed by atoms with Gasteiger partial charge < -0.3 is 15.2 Å². The van der Waals surface area contributed by atoms with Gasteiger partial charge in [0.2, 0.25) is 0 Å². The third kappa shape index (κ3) is 2.91. The molecule has 0 saturated heterocycles. The van der Waals surface area contributed by atoms with Crippen LogP contribution < -0.4 is 10.1 Å². The fourth-order valence-corrected chi connectivity index (χ4v) is 4.49. The van der Waals surface area contributed by atoms with Crippen molar-refractivity contribution in [1.82, 2.24) is 4.98 Å². The molecule has 0 spiro atoms. The predicted octanol–water partition coefficient (Wildman–Crippen LogP) is 4.83. The number of anilines is 1. The average molecular weight is 376 g/mol. The van der Waals surface area contributed by atoms with E-state index in [1.54, 1.807) is 13.2 Å². The maximum atomic E-state index is 13.3. The summed E-state index contributed by atoms with van der Waals surface area (Å²) in [5.74, 6) is 1.30. The van der Waals surface area contributed by atoms with Gasteiger partial charge in [-0.1, -0.05) is 12.1 Å². The number of nitrogens with one attached hydrogen (secondary N) is 1. The second-order valence-electron chi connectivity index (χ2n) is 6.25. The van der Waals surface area contributed by atoms with Crippen LogP contribution in [0, 0.1) is 0 Å². The maximum Gasteiger partial charge on any atom is 0.280 e. The summed E-state index contributed by atoms with van der Waals surface area (Å²) in [5, 5.41) is 13.4. The Labute approximate surface area is 153 Å². The van der Waals surface area contributed by atoms with E-state index < -0.39 is 6.43 Å². The van der Waals surface area contributed by atoms with Crippen molar-refractivity contribution in [2.45, 2.75) is 31.9 Å². The van der Waals surface area contributed by atoms with Crippen LogP contribution >= 0.6 is 11.3 Å². The fraction of sp³-hybridized carbons (Fsp3) is 0.316. The Morgan fingerprint density at radius 3 is 2.96 bits per heavy atom. The molecule has 1 aromatic carbocycles. The van der Waals surface area contributed by atoms with E-state index in [1.807, 2.05) is 18.2 Å². The number of thiophene rings is 1. The molecule has 2 heterocycles. The lowest BCUT2D eigenvalue weighted by Crippen LogP contribution is -2.09. The Bertz CT molecular complexity index is 958. The third-order valence-corrected chi connectivity index (χ3v) is 5.85. The summed E-state index contributed by atoms with van der Waals surface area (Å²) in [6.45, 7) is -0.119. The number of pyridine rings is 1. The van der Waals surface area contributed by atoms with Crippen LogP contribution in [0.4, 0.5) is 14.6 Å². The number of aromatic nitrogens is 1. The van der Waals surface area contributed by atoms with Gasteiger partial charge in [0.25, 0.3) is 6.43 Å². The molecule has 4 rings (SSSR count). The Morgan fingerprint density at radius 2 is 2.23 bits per heavy atom. The molecule has 0 bridgehead atoms. The monoisotopic (exact) mass is 376 g/mol. The first-order valence-electron chi connectivity index (χ1n) is 8.35. The molecule has 0 amide bonds. The first-order chi connectivity index (χ1) is 12.6. The van der Waals surface area contributed by atoms with Crippen LogP contribution in [-0.2, 0) is 13.0 Å². The van der Waals surface area contributed by atoms with Crippen LogP contribution in [0.25, 0.3) is 10.1 Å². The summed E-state index contributed by atoms with van der Waals surface area (Å²) in [6, 6.07) is 9.03. The molecule has 3 aromatic rings. The molecule has 1 aliphatic rings. The minimum atomic E-state index is -2.65. The van der Waals surface area contributed by atoms with Crippen molar-refractivity contribution < 1.29 is 18.6 Å². The predicted molar refractivity (Wildman–Crippen MR) is 98.2 cm³/mol. The van der Waals surface area contributed by atoms with Gasteiger partial charge in [0.15, 0.2) is 0 Å². The van der Waals surface area contributed by atoms with E-state index in [1.165, 1.54) is 17.4 Å². The van der Waals surface area contributed by atoms with Crippen LogP contribution in [0.15, 0.2) is 30.3 Å². The molecule has 0 aliphatic heterocycles.